The minimum Gasteiger partial charge on any atom is -0.310 e. The van der Waals surface area contributed by atoms with Gasteiger partial charge in [0, 0.05) is 48.5 Å². The Morgan fingerprint density at radius 2 is 0.984 bits per heavy atom. The van der Waals surface area contributed by atoms with Crippen LogP contribution in [0.25, 0.3) is 63.6 Å². The summed E-state index contributed by atoms with van der Waals surface area (Å²) in [5, 5.41) is 11.9. The highest BCUT2D eigenvalue weighted by Crippen LogP contribution is 2.47. The van der Waals surface area contributed by atoms with Crippen LogP contribution in [0.2, 0.25) is 19.6 Å². The van der Waals surface area contributed by atoms with E-state index >= 15 is 0 Å². The number of hydrogen-bond donors (Lipinski definition) is 0. The van der Waals surface area contributed by atoms with E-state index in [0.29, 0.717) is 0 Å². The van der Waals surface area contributed by atoms with Crippen molar-refractivity contribution in [1.29, 1.82) is 0 Å². The third-order valence-corrected chi connectivity index (χ3v) is 15.8. The Kier molecular flexibility index (Phi) is 9.18. The van der Waals surface area contributed by atoms with E-state index in [1.54, 1.807) is 0 Å². The molecule has 0 N–H and O–H groups in total. The summed E-state index contributed by atoms with van der Waals surface area (Å²) in [5.74, 6) is 0.121. The molecule has 0 aliphatic heterocycles. The summed E-state index contributed by atoms with van der Waals surface area (Å²) in [6.45, 7) is 7.27. The van der Waals surface area contributed by atoms with Crippen LogP contribution in [-0.2, 0) is 0 Å². The number of fused-ring (bicyclic) bond motifs is 9. The monoisotopic (exact) mass is 815 g/mol. The molecule has 0 spiro atoms. The molecule has 3 heteroatoms. The Morgan fingerprint density at radius 1 is 0.410 bits per heavy atom. The van der Waals surface area contributed by atoms with Gasteiger partial charge in [0.25, 0.3) is 0 Å². The van der Waals surface area contributed by atoms with Crippen LogP contribution in [0.4, 0.5) is 17.1 Å². The summed E-state index contributed by atoms with van der Waals surface area (Å²) < 4.78 is 2.65. The molecule has 0 radical (unpaired) electrons. The lowest BCUT2D eigenvalue weighted by Gasteiger charge is -2.26. The molecule has 11 rings (SSSR count). The molecule has 1 atom stereocenters. The number of rotatable bonds is 8. The van der Waals surface area contributed by atoms with E-state index < -0.39 is 8.07 Å². The topological polar surface area (TPSA) is 3.24 Å². The number of nitrogens with zero attached hydrogens (tertiary/aromatic N) is 1. The molecule has 0 bridgehead atoms. The summed E-state index contributed by atoms with van der Waals surface area (Å²) in [5.41, 5.74) is 9.91. The summed E-state index contributed by atoms with van der Waals surface area (Å²) in [6, 6.07) is 78.9. The van der Waals surface area contributed by atoms with Crippen molar-refractivity contribution >= 4 is 94.1 Å². The molecule has 0 fully saturated rings. The molecule has 10 aromatic carbocycles. The maximum absolute atomic E-state index is 2.44. The molecule has 1 aromatic heterocycles. The van der Waals surface area contributed by atoms with Gasteiger partial charge in [-0.2, -0.15) is 0 Å². The first-order valence-corrected chi connectivity index (χ1v) is 25.6. The van der Waals surface area contributed by atoms with Crippen molar-refractivity contribution in [1.82, 2.24) is 0 Å². The van der Waals surface area contributed by atoms with Gasteiger partial charge < -0.3 is 4.90 Å². The summed E-state index contributed by atoms with van der Waals surface area (Å²) in [4.78, 5) is 2.36. The lowest BCUT2D eigenvalue weighted by atomic mass is 9.81. The van der Waals surface area contributed by atoms with Crippen molar-refractivity contribution in [2.75, 3.05) is 4.90 Å². The van der Waals surface area contributed by atoms with E-state index in [0.717, 1.165) is 17.1 Å². The van der Waals surface area contributed by atoms with E-state index in [9.17, 15) is 0 Å². The Hall–Kier alpha value is -6.78. The van der Waals surface area contributed by atoms with Crippen molar-refractivity contribution in [2.24, 2.45) is 0 Å². The van der Waals surface area contributed by atoms with Crippen LogP contribution in [0.15, 0.2) is 212 Å². The highest BCUT2D eigenvalue weighted by molar-refractivity contribution is 7.27. The predicted molar refractivity (Wildman–Crippen MR) is 269 cm³/mol. The van der Waals surface area contributed by atoms with Crippen LogP contribution in [0, 0.1) is 0 Å². The first-order valence-electron chi connectivity index (χ1n) is 21.3. The van der Waals surface area contributed by atoms with Gasteiger partial charge in [-0.3, -0.25) is 0 Å². The van der Waals surface area contributed by atoms with Gasteiger partial charge >= 0.3 is 0 Å². The summed E-state index contributed by atoms with van der Waals surface area (Å²) in [6.07, 6.45) is 0. The van der Waals surface area contributed by atoms with Crippen LogP contribution in [0.3, 0.4) is 0 Å². The largest absolute Gasteiger partial charge is 0.310 e. The number of para-hydroxylation sites is 2. The zero-order valence-corrected chi connectivity index (χ0v) is 36.5. The molecule has 1 unspecified atom stereocenters. The van der Waals surface area contributed by atoms with Crippen molar-refractivity contribution in [3.05, 3.63) is 229 Å². The molecular weight excluding hydrogens is 771 g/mol. The molecule has 61 heavy (non-hydrogen) atoms. The number of benzene rings is 10. The second kappa shape index (κ2) is 15.0. The minimum atomic E-state index is -1.43. The number of hydrogen-bond acceptors (Lipinski definition) is 2. The molecular formula is C58H45NSSi. The third-order valence-electron chi connectivity index (χ3n) is 12.5. The zero-order valence-electron chi connectivity index (χ0n) is 34.6. The normalized spacial score (nSPS) is 12.4. The summed E-state index contributed by atoms with van der Waals surface area (Å²) in [7, 11) is -1.43. The molecule has 0 saturated carbocycles. The van der Waals surface area contributed by atoms with Crippen molar-refractivity contribution in [2.45, 2.75) is 25.6 Å². The van der Waals surface area contributed by atoms with Crippen molar-refractivity contribution in [3.63, 3.8) is 0 Å². The molecule has 11 aromatic rings. The maximum Gasteiger partial charge on any atom is 0.0775 e. The molecule has 0 aliphatic rings. The SMILES string of the molecule is C[Si](C)(C)c1ccc(C(c2ccccc2)c2ccc(-c3ccc4c(c3)sc3c5ccc(N(c6ccccc6)c6ccccc6)cc5c5ccccc5c43)c3ccccc23)cc1. The quantitative estimate of drug-likeness (QED) is 0.0839. The average Bonchev–Trinajstić information content (AvgIpc) is 3.70. The second-order valence-corrected chi connectivity index (χ2v) is 23.4. The standard InChI is InChI=1S/C58H45NSSi/c1-61(2,3)45-31-27-40(28-32-45)56(39-17-7-4-8-18-39)51-36-35-46(47-23-13-14-24-48(47)51)41-29-33-53-55(37-41)60-58-52-34-30-44(38-54(52)49-25-15-16-26-50(49)57(53)58)59(42-19-9-5-10-20-42)43-21-11-6-12-22-43/h4-38,56H,1-3H3. The highest BCUT2D eigenvalue weighted by atomic mass is 32.1. The molecule has 0 saturated heterocycles. The number of anilines is 3. The molecule has 0 aliphatic carbocycles. The first kappa shape index (κ1) is 37.2. The van der Waals surface area contributed by atoms with Gasteiger partial charge in [-0.1, -0.05) is 195 Å². The number of thiophene rings is 1. The van der Waals surface area contributed by atoms with E-state index in [1.807, 2.05) is 11.3 Å². The molecule has 0 amide bonds. The Bertz CT molecular complexity index is 3350. The fraction of sp³-hybridized carbons (Fsp3) is 0.0690. The lowest BCUT2D eigenvalue weighted by molar-refractivity contribution is 0.990. The van der Waals surface area contributed by atoms with Gasteiger partial charge in [0.15, 0.2) is 0 Å². The Balaban J connectivity index is 1.06. The average molecular weight is 816 g/mol. The van der Waals surface area contributed by atoms with E-state index in [-0.39, 0.29) is 5.92 Å². The molecule has 1 nitrogen and oxygen atoms in total. The highest BCUT2D eigenvalue weighted by Gasteiger charge is 2.23. The minimum absolute atomic E-state index is 0.121. The fourth-order valence-electron chi connectivity index (χ4n) is 9.55. The van der Waals surface area contributed by atoms with Gasteiger partial charge in [-0.05, 0) is 97.2 Å². The third kappa shape index (κ3) is 6.53. The summed E-state index contributed by atoms with van der Waals surface area (Å²) >= 11 is 1.92. The van der Waals surface area contributed by atoms with E-state index in [1.165, 1.54) is 85.5 Å². The zero-order chi connectivity index (χ0) is 41.1. The predicted octanol–water partition coefficient (Wildman–Crippen LogP) is 16.4. The van der Waals surface area contributed by atoms with Crippen molar-refractivity contribution in [3.8, 4) is 11.1 Å². The van der Waals surface area contributed by atoms with Gasteiger partial charge in [-0.25, -0.2) is 0 Å². The lowest BCUT2D eigenvalue weighted by Crippen LogP contribution is -2.37. The van der Waals surface area contributed by atoms with Crippen LogP contribution in [0.1, 0.15) is 22.6 Å². The Labute approximate surface area is 362 Å². The van der Waals surface area contributed by atoms with Gasteiger partial charge in [0.05, 0.1) is 8.07 Å². The Morgan fingerprint density at radius 3 is 1.66 bits per heavy atom. The van der Waals surface area contributed by atoms with Crippen LogP contribution in [-0.4, -0.2) is 8.07 Å². The van der Waals surface area contributed by atoms with Gasteiger partial charge in [0.1, 0.15) is 0 Å². The van der Waals surface area contributed by atoms with Gasteiger partial charge in [0.2, 0.25) is 0 Å². The van der Waals surface area contributed by atoms with Crippen LogP contribution < -0.4 is 10.1 Å². The fourth-order valence-corrected chi connectivity index (χ4v) is 12.0. The smallest absolute Gasteiger partial charge is 0.0775 e. The van der Waals surface area contributed by atoms with Crippen LogP contribution in [0.5, 0.6) is 0 Å². The molecule has 1 heterocycles. The van der Waals surface area contributed by atoms with E-state index in [4.69, 9.17) is 0 Å². The van der Waals surface area contributed by atoms with Gasteiger partial charge in [-0.15, -0.1) is 11.3 Å². The first-order chi connectivity index (χ1) is 29.9. The maximum atomic E-state index is 2.44. The molecule has 292 valence electrons. The second-order valence-electron chi connectivity index (χ2n) is 17.3. The van der Waals surface area contributed by atoms with Crippen LogP contribution >= 0.6 is 11.3 Å². The van der Waals surface area contributed by atoms with Crippen molar-refractivity contribution < 1.29 is 0 Å². The van der Waals surface area contributed by atoms with E-state index in [2.05, 4.69) is 237 Å².